The highest BCUT2D eigenvalue weighted by Gasteiger charge is 2.26. The molecule has 1 unspecified atom stereocenters. The molecule has 2 rings (SSSR count). The summed E-state index contributed by atoms with van der Waals surface area (Å²) >= 11 is 5.86. The molecule has 0 heterocycles. The lowest BCUT2D eigenvalue weighted by Crippen LogP contribution is -2.47. The van der Waals surface area contributed by atoms with Crippen molar-refractivity contribution in [2.24, 2.45) is 0 Å². The van der Waals surface area contributed by atoms with E-state index in [4.69, 9.17) is 11.6 Å². The van der Waals surface area contributed by atoms with Crippen molar-refractivity contribution in [1.82, 2.24) is 10.2 Å². The van der Waals surface area contributed by atoms with Crippen molar-refractivity contribution in [3.8, 4) is 0 Å². The van der Waals surface area contributed by atoms with Crippen LogP contribution in [0.5, 0.6) is 0 Å². The molecular formula is C19H20ClFN2O2. The SMILES string of the molecule is CNC(=O)C(C)N(Cc1ccccc1F)C(=O)Cc1ccc(Cl)cc1. The zero-order valence-corrected chi connectivity index (χ0v) is 14.9. The molecule has 132 valence electrons. The molecule has 0 spiro atoms. The lowest BCUT2D eigenvalue weighted by atomic mass is 10.1. The van der Waals surface area contributed by atoms with Crippen LogP contribution in [-0.4, -0.2) is 29.8 Å². The fourth-order valence-electron chi connectivity index (χ4n) is 2.48. The average Bonchev–Trinajstić information content (AvgIpc) is 2.61. The molecular weight excluding hydrogens is 343 g/mol. The quantitative estimate of drug-likeness (QED) is 0.858. The Bertz CT molecular complexity index is 749. The Hall–Kier alpha value is -2.40. The second-order valence-corrected chi connectivity index (χ2v) is 6.14. The summed E-state index contributed by atoms with van der Waals surface area (Å²) in [5.41, 5.74) is 1.14. The third-order valence-electron chi connectivity index (χ3n) is 3.98. The molecule has 0 saturated heterocycles. The Balaban J connectivity index is 2.23. The van der Waals surface area contributed by atoms with Crippen molar-refractivity contribution >= 4 is 23.4 Å². The van der Waals surface area contributed by atoms with E-state index >= 15 is 0 Å². The van der Waals surface area contributed by atoms with Crippen molar-refractivity contribution in [2.45, 2.75) is 25.9 Å². The molecule has 0 aliphatic rings. The summed E-state index contributed by atoms with van der Waals surface area (Å²) in [6, 6.07) is 12.4. The van der Waals surface area contributed by atoms with E-state index in [0.29, 0.717) is 10.6 Å². The molecule has 2 aromatic carbocycles. The lowest BCUT2D eigenvalue weighted by Gasteiger charge is -2.28. The maximum Gasteiger partial charge on any atom is 0.242 e. The van der Waals surface area contributed by atoms with E-state index in [1.807, 2.05) is 0 Å². The monoisotopic (exact) mass is 362 g/mol. The largest absolute Gasteiger partial charge is 0.357 e. The number of amides is 2. The van der Waals surface area contributed by atoms with E-state index in [-0.39, 0.29) is 24.8 Å². The normalized spacial score (nSPS) is 11.7. The Labute approximate surface area is 151 Å². The van der Waals surface area contributed by atoms with Gasteiger partial charge in [-0.25, -0.2) is 4.39 Å². The number of nitrogens with one attached hydrogen (secondary N) is 1. The van der Waals surface area contributed by atoms with E-state index in [9.17, 15) is 14.0 Å². The van der Waals surface area contributed by atoms with E-state index < -0.39 is 11.9 Å². The minimum atomic E-state index is -0.718. The predicted molar refractivity (Wildman–Crippen MR) is 95.6 cm³/mol. The van der Waals surface area contributed by atoms with Gasteiger partial charge >= 0.3 is 0 Å². The van der Waals surface area contributed by atoms with E-state index in [2.05, 4.69) is 5.32 Å². The first-order valence-electron chi connectivity index (χ1n) is 7.91. The van der Waals surface area contributed by atoms with Gasteiger partial charge in [-0.05, 0) is 30.7 Å². The summed E-state index contributed by atoms with van der Waals surface area (Å²) < 4.78 is 14.0. The van der Waals surface area contributed by atoms with Crippen molar-refractivity contribution in [3.63, 3.8) is 0 Å². The van der Waals surface area contributed by atoms with E-state index in [1.54, 1.807) is 49.4 Å². The predicted octanol–water partition coefficient (Wildman–Crippen LogP) is 3.18. The van der Waals surface area contributed by atoms with Gasteiger partial charge in [0.05, 0.1) is 6.42 Å². The number of nitrogens with zero attached hydrogens (tertiary/aromatic N) is 1. The highest BCUT2D eigenvalue weighted by atomic mass is 35.5. The smallest absolute Gasteiger partial charge is 0.242 e. The van der Waals surface area contributed by atoms with Crippen LogP contribution in [0.1, 0.15) is 18.1 Å². The number of benzene rings is 2. The van der Waals surface area contributed by atoms with Crippen molar-refractivity contribution in [3.05, 3.63) is 70.5 Å². The van der Waals surface area contributed by atoms with Crippen LogP contribution in [0.25, 0.3) is 0 Å². The van der Waals surface area contributed by atoms with Crippen LogP contribution in [0.15, 0.2) is 48.5 Å². The number of carbonyl (C=O) groups excluding carboxylic acids is 2. The minimum absolute atomic E-state index is 0.0215. The zero-order valence-electron chi connectivity index (χ0n) is 14.1. The number of carbonyl (C=O) groups is 2. The number of hydrogen-bond donors (Lipinski definition) is 1. The first-order valence-corrected chi connectivity index (χ1v) is 8.29. The molecule has 4 nitrogen and oxygen atoms in total. The lowest BCUT2D eigenvalue weighted by molar-refractivity contribution is -0.139. The molecule has 0 radical (unpaired) electrons. The summed E-state index contributed by atoms with van der Waals surface area (Å²) in [6.45, 7) is 1.65. The standard InChI is InChI=1S/C19H20ClFN2O2/c1-13(19(25)22-2)23(12-15-5-3-4-6-17(15)21)18(24)11-14-7-9-16(20)10-8-14/h3-10,13H,11-12H2,1-2H3,(H,22,25). The first-order chi connectivity index (χ1) is 11.9. The molecule has 1 atom stereocenters. The summed E-state index contributed by atoms with van der Waals surface area (Å²) in [6.07, 6.45) is 0.104. The Morgan fingerprint density at radius 1 is 1.16 bits per heavy atom. The molecule has 25 heavy (non-hydrogen) atoms. The second kappa shape index (κ2) is 8.62. The van der Waals surface area contributed by atoms with Crippen LogP contribution in [0.3, 0.4) is 0 Å². The summed E-state index contributed by atoms with van der Waals surface area (Å²) in [7, 11) is 1.50. The highest BCUT2D eigenvalue weighted by Crippen LogP contribution is 2.16. The molecule has 1 N–H and O–H groups in total. The van der Waals surface area contributed by atoms with Crippen LogP contribution in [0.4, 0.5) is 4.39 Å². The molecule has 0 aromatic heterocycles. The Morgan fingerprint density at radius 2 is 1.80 bits per heavy atom. The molecule has 2 amide bonds. The van der Waals surface area contributed by atoms with Gasteiger partial charge in [0.25, 0.3) is 0 Å². The molecule has 0 aliphatic heterocycles. The van der Waals surface area contributed by atoms with Crippen molar-refractivity contribution in [2.75, 3.05) is 7.05 Å². The number of hydrogen-bond acceptors (Lipinski definition) is 2. The van der Waals surface area contributed by atoms with Gasteiger partial charge in [0.2, 0.25) is 11.8 Å². The zero-order chi connectivity index (χ0) is 18.4. The van der Waals surface area contributed by atoms with Crippen molar-refractivity contribution < 1.29 is 14.0 Å². The second-order valence-electron chi connectivity index (χ2n) is 5.71. The van der Waals surface area contributed by atoms with Gasteiger partial charge in [-0.2, -0.15) is 0 Å². The average molecular weight is 363 g/mol. The van der Waals surface area contributed by atoms with Crippen LogP contribution in [0.2, 0.25) is 5.02 Å². The molecule has 2 aromatic rings. The maximum atomic E-state index is 14.0. The minimum Gasteiger partial charge on any atom is -0.357 e. The molecule has 0 bridgehead atoms. The third kappa shape index (κ3) is 5.03. The fourth-order valence-corrected chi connectivity index (χ4v) is 2.61. The van der Waals surface area contributed by atoms with Gasteiger partial charge in [0.1, 0.15) is 11.9 Å². The first kappa shape index (κ1) is 18.9. The van der Waals surface area contributed by atoms with Gasteiger partial charge in [-0.1, -0.05) is 41.9 Å². The van der Waals surface area contributed by atoms with Crippen molar-refractivity contribution in [1.29, 1.82) is 0 Å². The molecule has 0 saturated carbocycles. The van der Waals surface area contributed by atoms with Crippen LogP contribution < -0.4 is 5.32 Å². The number of likely N-dealkylation sites (N-methyl/N-ethyl adjacent to an activating group) is 1. The summed E-state index contributed by atoms with van der Waals surface area (Å²) in [4.78, 5) is 26.2. The fraction of sp³-hybridized carbons (Fsp3) is 0.263. The molecule has 0 fully saturated rings. The molecule has 6 heteroatoms. The summed E-state index contributed by atoms with van der Waals surface area (Å²) in [5.74, 6) is -0.974. The maximum absolute atomic E-state index is 14.0. The Kier molecular flexibility index (Phi) is 6.53. The number of halogens is 2. The number of rotatable bonds is 6. The van der Waals surface area contributed by atoms with E-state index in [0.717, 1.165) is 5.56 Å². The van der Waals surface area contributed by atoms with Crippen LogP contribution in [0, 0.1) is 5.82 Å². The van der Waals surface area contributed by atoms with Crippen LogP contribution >= 0.6 is 11.6 Å². The molecule has 0 aliphatic carbocycles. The summed E-state index contributed by atoms with van der Waals surface area (Å²) in [5, 5.41) is 3.11. The van der Waals surface area contributed by atoms with Gasteiger partial charge in [-0.15, -0.1) is 0 Å². The van der Waals surface area contributed by atoms with Gasteiger partial charge in [0.15, 0.2) is 0 Å². The van der Waals surface area contributed by atoms with Gasteiger partial charge in [0, 0.05) is 24.2 Å². The Morgan fingerprint density at radius 3 is 2.40 bits per heavy atom. The van der Waals surface area contributed by atoms with Gasteiger partial charge < -0.3 is 10.2 Å². The highest BCUT2D eigenvalue weighted by molar-refractivity contribution is 6.30. The third-order valence-corrected chi connectivity index (χ3v) is 4.23. The van der Waals surface area contributed by atoms with E-state index in [1.165, 1.54) is 18.0 Å². The van der Waals surface area contributed by atoms with Gasteiger partial charge in [-0.3, -0.25) is 9.59 Å². The van der Waals surface area contributed by atoms with Crippen LogP contribution in [-0.2, 0) is 22.6 Å². The topological polar surface area (TPSA) is 49.4 Å².